The number of hydrogen-bond acceptors (Lipinski definition) is 4. The Labute approximate surface area is 146 Å². The molecule has 2 fully saturated rings. The number of carbonyl (C=O) groups excluding carboxylic acids is 1. The van der Waals surface area contributed by atoms with Crippen LogP contribution in [0.5, 0.6) is 0 Å². The first-order chi connectivity index (χ1) is 11.5. The molecule has 2 rings (SSSR count). The molecule has 140 valence electrons. The second-order valence-corrected chi connectivity index (χ2v) is 7.65. The third-order valence-corrected chi connectivity index (χ3v) is 4.62. The van der Waals surface area contributed by atoms with E-state index < -0.39 is 0 Å². The standard InChI is InChI=1S/C18H35N3O3/c1-15(2)13-24-14-16(3)19-18(22)21-6-4-5-17(12-21)11-20-7-9-23-10-8-20/h15-17H,4-14H2,1-3H3,(H,19,22)/t16-,17+/m0/s1. The molecule has 0 radical (unpaired) electrons. The SMILES string of the molecule is CC(C)COC[C@H](C)NC(=O)N1CCC[C@H](CN2CCOCC2)C1. The Balaban J connectivity index is 1.69. The number of piperidine rings is 1. The molecule has 0 aromatic rings. The molecule has 24 heavy (non-hydrogen) atoms. The number of ether oxygens (including phenoxy) is 2. The van der Waals surface area contributed by atoms with Gasteiger partial charge in [-0.05, 0) is 31.6 Å². The molecule has 0 bridgehead atoms. The zero-order chi connectivity index (χ0) is 17.4. The summed E-state index contributed by atoms with van der Waals surface area (Å²) in [5.74, 6) is 1.10. The van der Waals surface area contributed by atoms with Crippen molar-refractivity contribution in [3.05, 3.63) is 0 Å². The van der Waals surface area contributed by atoms with E-state index in [1.165, 1.54) is 6.42 Å². The third-order valence-electron chi connectivity index (χ3n) is 4.62. The Morgan fingerprint density at radius 3 is 2.67 bits per heavy atom. The molecule has 2 saturated heterocycles. The van der Waals surface area contributed by atoms with Crippen LogP contribution in [0.4, 0.5) is 4.79 Å². The van der Waals surface area contributed by atoms with Crippen LogP contribution < -0.4 is 5.32 Å². The van der Waals surface area contributed by atoms with E-state index in [0.717, 1.165) is 59.0 Å². The van der Waals surface area contributed by atoms with Gasteiger partial charge < -0.3 is 19.7 Å². The average molecular weight is 341 g/mol. The fraction of sp³-hybridized carbons (Fsp3) is 0.944. The molecular weight excluding hydrogens is 306 g/mol. The quantitative estimate of drug-likeness (QED) is 0.767. The fourth-order valence-corrected chi connectivity index (χ4v) is 3.37. The first-order valence-electron chi connectivity index (χ1n) is 9.48. The van der Waals surface area contributed by atoms with Crippen LogP contribution >= 0.6 is 0 Å². The summed E-state index contributed by atoms with van der Waals surface area (Å²) in [6.07, 6.45) is 2.31. The monoisotopic (exact) mass is 341 g/mol. The van der Waals surface area contributed by atoms with Crippen LogP contribution in [0.25, 0.3) is 0 Å². The number of carbonyl (C=O) groups is 1. The summed E-state index contributed by atoms with van der Waals surface area (Å²) in [4.78, 5) is 16.9. The second kappa shape index (κ2) is 10.2. The van der Waals surface area contributed by atoms with E-state index in [2.05, 4.69) is 24.1 Å². The molecule has 6 heteroatoms. The molecule has 0 aliphatic carbocycles. The number of likely N-dealkylation sites (tertiary alicyclic amines) is 1. The summed E-state index contributed by atoms with van der Waals surface area (Å²) in [5.41, 5.74) is 0. The normalized spacial score (nSPS) is 24.2. The van der Waals surface area contributed by atoms with Gasteiger partial charge in [-0.2, -0.15) is 0 Å². The molecule has 1 N–H and O–H groups in total. The Bertz CT molecular complexity index is 373. The highest BCUT2D eigenvalue weighted by Gasteiger charge is 2.26. The van der Waals surface area contributed by atoms with Gasteiger partial charge in [0.15, 0.2) is 0 Å². The largest absolute Gasteiger partial charge is 0.379 e. The van der Waals surface area contributed by atoms with Gasteiger partial charge in [0.25, 0.3) is 0 Å². The van der Waals surface area contributed by atoms with E-state index in [9.17, 15) is 4.79 Å². The number of morpholine rings is 1. The minimum Gasteiger partial charge on any atom is -0.379 e. The van der Waals surface area contributed by atoms with Crippen LogP contribution in [0.1, 0.15) is 33.6 Å². The number of rotatable bonds is 7. The van der Waals surface area contributed by atoms with Crippen LogP contribution in [-0.4, -0.2) is 81.0 Å². The van der Waals surface area contributed by atoms with Crippen LogP contribution in [0, 0.1) is 11.8 Å². The number of hydrogen-bond donors (Lipinski definition) is 1. The molecule has 0 unspecified atom stereocenters. The Morgan fingerprint density at radius 1 is 1.21 bits per heavy atom. The number of nitrogens with one attached hydrogen (secondary N) is 1. The van der Waals surface area contributed by atoms with Crippen molar-refractivity contribution in [3.8, 4) is 0 Å². The molecule has 0 aromatic heterocycles. The maximum Gasteiger partial charge on any atom is 0.317 e. The molecule has 0 saturated carbocycles. The molecular formula is C18H35N3O3. The predicted octanol–water partition coefficient (Wildman–Crippen LogP) is 1.80. The lowest BCUT2D eigenvalue weighted by atomic mass is 9.97. The highest BCUT2D eigenvalue weighted by Crippen LogP contribution is 2.18. The lowest BCUT2D eigenvalue weighted by molar-refractivity contribution is 0.0247. The minimum atomic E-state index is 0.0517. The first-order valence-corrected chi connectivity index (χ1v) is 9.48. The van der Waals surface area contributed by atoms with E-state index in [4.69, 9.17) is 9.47 Å². The average Bonchev–Trinajstić information content (AvgIpc) is 2.55. The molecule has 2 amide bonds. The van der Waals surface area contributed by atoms with Crippen molar-refractivity contribution in [1.82, 2.24) is 15.1 Å². The topological polar surface area (TPSA) is 54.0 Å². The summed E-state index contributed by atoms with van der Waals surface area (Å²) in [6.45, 7) is 14.1. The van der Waals surface area contributed by atoms with Gasteiger partial charge in [-0.15, -0.1) is 0 Å². The summed E-state index contributed by atoms with van der Waals surface area (Å²) in [6, 6.07) is 0.109. The Morgan fingerprint density at radius 2 is 1.96 bits per heavy atom. The molecule has 0 aromatic carbocycles. The van der Waals surface area contributed by atoms with Crippen LogP contribution in [0.2, 0.25) is 0 Å². The minimum absolute atomic E-state index is 0.0517. The fourth-order valence-electron chi connectivity index (χ4n) is 3.37. The van der Waals surface area contributed by atoms with Gasteiger partial charge in [-0.1, -0.05) is 13.8 Å². The number of urea groups is 1. The molecule has 0 spiro atoms. The molecule has 2 atom stereocenters. The van der Waals surface area contributed by atoms with E-state index in [-0.39, 0.29) is 12.1 Å². The molecule has 2 aliphatic heterocycles. The molecule has 2 heterocycles. The van der Waals surface area contributed by atoms with E-state index in [0.29, 0.717) is 18.4 Å². The Kier molecular flexibility index (Phi) is 8.29. The van der Waals surface area contributed by atoms with Crippen molar-refractivity contribution in [2.24, 2.45) is 11.8 Å². The van der Waals surface area contributed by atoms with Gasteiger partial charge in [0.05, 0.1) is 25.9 Å². The van der Waals surface area contributed by atoms with Gasteiger partial charge >= 0.3 is 6.03 Å². The highest BCUT2D eigenvalue weighted by atomic mass is 16.5. The zero-order valence-corrected chi connectivity index (χ0v) is 15.6. The van der Waals surface area contributed by atoms with E-state index >= 15 is 0 Å². The van der Waals surface area contributed by atoms with Crippen molar-refractivity contribution in [2.45, 2.75) is 39.7 Å². The summed E-state index contributed by atoms with van der Waals surface area (Å²) >= 11 is 0. The van der Waals surface area contributed by atoms with Crippen LogP contribution in [0.3, 0.4) is 0 Å². The van der Waals surface area contributed by atoms with E-state index in [1.54, 1.807) is 0 Å². The van der Waals surface area contributed by atoms with Crippen molar-refractivity contribution in [3.63, 3.8) is 0 Å². The lowest BCUT2D eigenvalue weighted by Crippen LogP contribution is -2.51. The van der Waals surface area contributed by atoms with Crippen molar-refractivity contribution in [2.75, 3.05) is 59.2 Å². The number of amides is 2. The van der Waals surface area contributed by atoms with E-state index in [1.807, 2.05) is 11.8 Å². The summed E-state index contributed by atoms with van der Waals surface area (Å²) in [7, 11) is 0. The van der Waals surface area contributed by atoms with Crippen molar-refractivity contribution < 1.29 is 14.3 Å². The van der Waals surface area contributed by atoms with Gasteiger partial charge in [0.1, 0.15) is 0 Å². The Hall–Kier alpha value is -0.850. The smallest absolute Gasteiger partial charge is 0.317 e. The maximum atomic E-state index is 12.5. The van der Waals surface area contributed by atoms with Crippen molar-refractivity contribution in [1.29, 1.82) is 0 Å². The third kappa shape index (κ3) is 6.95. The highest BCUT2D eigenvalue weighted by molar-refractivity contribution is 5.74. The molecule has 6 nitrogen and oxygen atoms in total. The number of nitrogens with zero attached hydrogens (tertiary/aromatic N) is 2. The summed E-state index contributed by atoms with van der Waals surface area (Å²) in [5, 5.41) is 3.08. The lowest BCUT2D eigenvalue weighted by Gasteiger charge is -2.37. The van der Waals surface area contributed by atoms with Gasteiger partial charge in [-0.25, -0.2) is 4.79 Å². The van der Waals surface area contributed by atoms with Crippen LogP contribution in [0.15, 0.2) is 0 Å². The molecule has 2 aliphatic rings. The second-order valence-electron chi connectivity index (χ2n) is 7.65. The zero-order valence-electron chi connectivity index (χ0n) is 15.6. The first kappa shape index (κ1) is 19.5. The van der Waals surface area contributed by atoms with Crippen molar-refractivity contribution >= 4 is 6.03 Å². The maximum absolute atomic E-state index is 12.5. The van der Waals surface area contributed by atoms with Gasteiger partial charge in [-0.3, -0.25) is 4.90 Å². The predicted molar refractivity (Wildman–Crippen MR) is 95.2 cm³/mol. The van der Waals surface area contributed by atoms with Gasteiger partial charge in [0, 0.05) is 39.3 Å². The summed E-state index contributed by atoms with van der Waals surface area (Å²) < 4.78 is 11.0. The van der Waals surface area contributed by atoms with Crippen LogP contribution in [-0.2, 0) is 9.47 Å². The van der Waals surface area contributed by atoms with Gasteiger partial charge in [0.2, 0.25) is 0 Å².